The van der Waals surface area contributed by atoms with E-state index in [0.29, 0.717) is 60.7 Å². The molecule has 3 aromatic rings. The lowest BCUT2D eigenvalue weighted by molar-refractivity contribution is -0.144. The van der Waals surface area contributed by atoms with E-state index >= 15 is 0 Å². The molecule has 3 heterocycles. The summed E-state index contributed by atoms with van der Waals surface area (Å²) in [6.07, 6.45) is 1.53. The molecule has 224 valence electrons. The van der Waals surface area contributed by atoms with Crippen LogP contribution in [0.25, 0.3) is 5.69 Å². The van der Waals surface area contributed by atoms with E-state index in [1.54, 1.807) is 14.2 Å². The van der Waals surface area contributed by atoms with E-state index in [-0.39, 0.29) is 24.2 Å². The monoisotopic (exact) mass is 596 g/mol. The number of carbonyl (C=O) groups excluding carboxylic acids is 2. The number of esters is 1. The van der Waals surface area contributed by atoms with Gasteiger partial charge in [-0.25, -0.2) is 0 Å². The molecular formula is C31H37ClN4O6. The number of aromatic nitrogens is 3. The van der Waals surface area contributed by atoms with Gasteiger partial charge >= 0.3 is 5.97 Å². The number of nitrogens with zero attached hydrogens (tertiary/aromatic N) is 4. The molecule has 1 aromatic heterocycles. The lowest BCUT2D eigenvalue weighted by Gasteiger charge is -2.32. The number of rotatable bonds is 9. The van der Waals surface area contributed by atoms with Gasteiger partial charge in [0.05, 0.1) is 26.5 Å². The van der Waals surface area contributed by atoms with Gasteiger partial charge < -0.3 is 23.8 Å². The first-order valence-corrected chi connectivity index (χ1v) is 14.7. The van der Waals surface area contributed by atoms with Gasteiger partial charge in [-0.3, -0.25) is 14.2 Å². The van der Waals surface area contributed by atoms with Gasteiger partial charge in [-0.2, -0.15) is 0 Å². The van der Waals surface area contributed by atoms with Crippen LogP contribution in [-0.2, 0) is 19.1 Å². The standard InChI is InChI=1S/C31H37ClN4O6/c1-5-41-28(38)17-20-13-15-35(16-14-20)27(37)12-11-26-31-34-33-19(2)36(31)24-10-9-21(32)18-23(24)29(42-26)22-7-6-8-25(39-3)30(22)40-4/h6-10,18,20,26,29H,5,11-17H2,1-4H3. The molecule has 2 aliphatic rings. The summed E-state index contributed by atoms with van der Waals surface area (Å²) < 4.78 is 25.3. The van der Waals surface area contributed by atoms with E-state index in [0.717, 1.165) is 29.7 Å². The average molecular weight is 597 g/mol. The molecule has 2 unspecified atom stereocenters. The first-order chi connectivity index (χ1) is 20.3. The SMILES string of the molecule is CCOC(=O)CC1CCN(C(=O)CCC2OC(c3cccc(OC)c3OC)c3cc(Cl)ccc3-n3c(C)nnc32)CC1. The fourth-order valence-electron chi connectivity index (χ4n) is 5.93. The molecule has 2 aromatic carbocycles. The maximum atomic E-state index is 13.4. The summed E-state index contributed by atoms with van der Waals surface area (Å²) in [5, 5.41) is 9.42. The van der Waals surface area contributed by atoms with E-state index in [4.69, 9.17) is 30.5 Å². The van der Waals surface area contributed by atoms with Crippen molar-refractivity contribution in [3.05, 3.63) is 64.2 Å². The van der Waals surface area contributed by atoms with Crippen LogP contribution in [0.2, 0.25) is 5.02 Å². The summed E-state index contributed by atoms with van der Waals surface area (Å²) in [5.41, 5.74) is 2.46. The molecule has 0 aliphatic carbocycles. The minimum absolute atomic E-state index is 0.0521. The Bertz CT molecular complexity index is 1430. The van der Waals surface area contributed by atoms with Crippen LogP contribution in [0, 0.1) is 12.8 Å². The van der Waals surface area contributed by atoms with E-state index in [2.05, 4.69) is 10.2 Å². The van der Waals surface area contributed by atoms with Gasteiger partial charge in [0.15, 0.2) is 17.3 Å². The Morgan fingerprint density at radius 1 is 1.07 bits per heavy atom. The number of hydrogen-bond acceptors (Lipinski definition) is 8. The van der Waals surface area contributed by atoms with Gasteiger partial charge in [-0.1, -0.05) is 23.7 Å². The van der Waals surface area contributed by atoms with E-state index in [1.165, 1.54) is 0 Å². The summed E-state index contributed by atoms with van der Waals surface area (Å²) in [6, 6.07) is 11.3. The minimum atomic E-state index is -0.580. The Kier molecular flexibility index (Phi) is 9.33. The van der Waals surface area contributed by atoms with Crippen LogP contribution >= 0.6 is 11.6 Å². The zero-order chi connectivity index (χ0) is 29.8. The number of ether oxygens (including phenoxy) is 4. The smallest absolute Gasteiger partial charge is 0.306 e. The molecular weight excluding hydrogens is 560 g/mol. The lowest BCUT2D eigenvalue weighted by Crippen LogP contribution is -2.39. The van der Waals surface area contributed by atoms with Crippen molar-refractivity contribution < 1.29 is 28.5 Å². The molecule has 2 aliphatic heterocycles. The predicted octanol–water partition coefficient (Wildman–Crippen LogP) is 5.38. The third-order valence-electron chi connectivity index (χ3n) is 8.02. The average Bonchev–Trinajstić information content (AvgIpc) is 3.31. The second-order valence-electron chi connectivity index (χ2n) is 10.6. The summed E-state index contributed by atoms with van der Waals surface area (Å²) in [4.78, 5) is 27.1. The third kappa shape index (κ3) is 6.10. The maximum absolute atomic E-state index is 13.4. The second kappa shape index (κ2) is 13.1. The second-order valence-corrected chi connectivity index (χ2v) is 11.0. The number of fused-ring (bicyclic) bond motifs is 3. The number of carbonyl (C=O) groups is 2. The normalized spacial score (nSPS) is 18.5. The highest BCUT2D eigenvalue weighted by Crippen LogP contribution is 2.46. The van der Waals surface area contributed by atoms with Crippen molar-refractivity contribution in [1.29, 1.82) is 0 Å². The highest BCUT2D eigenvalue weighted by atomic mass is 35.5. The number of aryl methyl sites for hydroxylation is 1. The fourth-order valence-corrected chi connectivity index (χ4v) is 6.11. The van der Waals surface area contributed by atoms with Crippen LogP contribution in [-0.4, -0.2) is 65.5 Å². The largest absolute Gasteiger partial charge is 0.493 e. The zero-order valence-electron chi connectivity index (χ0n) is 24.5. The number of methoxy groups -OCH3 is 2. The van der Waals surface area contributed by atoms with E-state index < -0.39 is 12.2 Å². The number of hydrogen-bond donors (Lipinski definition) is 0. The summed E-state index contributed by atoms with van der Waals surface area (Å²) in [5.74, 6) is 2.60. The van der Waals surface area contributed by atoms with Gasteiger partial charge in [0, 0.05) is 42.1 Å². The van der Waals surface area contributed by atoms with Crippen molar-refractivity contribution in [3.8, 4) is 17.2 Å². The third-order valence-corrected chi connectivity index (χ3v) is 8.25. The van der Waals surface area contributed by atoms with Crippen molar-refractivity contribution in [2.24, 2.45) is 5.92 Å². The first-order valence-electron chi connectivity index (χ1n) is 14.4. The quantitative estimate of drug-likeness (QED) is 0.303. The van der Waals surface area contributed by atoms with Crippen LogP contribution in [0.1, 0.15) is 74.0 Å². The van der Waals surface area contributed by atoms with Crippen molar-refractivity contribution in [1.82, 2.24) is 19.7 Å². The Hall–Kier alpha value is -3.63. The molecule has 10 nitrogen and oxygen atoms in total. The van der Waals surface area contributed by atoms with Crippen molar-refractivity contribution in [3.63, 3.8) is 0 Å². The summed E-state index contributed by atoms with van der Waals surface area (Å²) in [7, 11) is 3.20. The van der Waals surface area contributed by atoms with Gasteiger partial charge in [-0.05, 0) is 63.3 Å². The Morgan fingerprint density at radius 2 is 1.86 bits per heavy atom. The molecule has 42 heavy (non-hydrogen) atoms. The molecule has 11 heteroatoms. The molecule has 2 atom stereocenters. The highest BCUT2D eigenvalue weighted by molar-refractivity contribution is 6.30. The maximum Gasteiger partial charge on any atom is 0.306 e. The van der Waals surface area contributed by atoms with E-state index in [1.807, 2.05) is 59.7 Å². The number of amides is 1. The minimum Gasteiger partial charge on any atom is -0.493 e. The Balaban J connectivity index is 1.40. The molecule has 1 saturated heterocycles. The summed E-state index contributed by atoms with van der Waals surface area (Å²) >= 11 is 6.51. The van der Waals surface area contributed by atoms with Gasteiger partial charge in [0.25, 0.3) is 0 Å². The predicted molar refractivity (Wildman–Crippen MR) is 156 cm³/mol. The van der Waals surface area contributed by atoms with Crippen molar-refractivity contribution in [2.45, 2.75) is 58.2 Å². The zero-order valence-corrected chi connectivity index (χ0v) is 25.2. The molecule has 0 saturated carbocycles. The highest BCUT2D eigenvalue weighted by Gasteiger charge is 2.36. The topological polar surface area (TPSA) is 105 Å². The molecule has 5 rings (SSSR count). The van der Waals surface area contributed by atoms with Crippen LogP contribution in [0.3, 0.4) is 0 Å². The van der Waals surface area contributed by atoms with Crippen LogP contribution in [0.4, 0.5) is 0 Å². The van der Waals surface area contributed by atoms with Crippen LogP contribution in [0.5, 0.6) is 11.5 Å². The fraction of sp³-hybridized carbons (Fsp3) is 0.484. The molecule has 0 bridgehead atoms. The number of likely N-dealkylation sites (tertiary alicyclic amines) is 1. The van der Waals surface area contributed by atoms with Gasteiger partial charge in [0.2, 0.25) is 5.91 Å². The number of benzene rings is 2. The van der Waals surface area contributed by atoms with Gasteiger partial charge in [0.1, 0.15) is 18.0 Å². The van der Waals surface area contributed by atoms with Gasteiger partial charge in [-0.15, -0.1) is 10.2 Å². The number of halogens is 1. The number of para-hydroxylation sites is 1. The van der Waals surface area contributed by atoms with E-state index in [9.17, 15) is 9.59 Å². The van der Waals surface area contributed by atoms with Crippen molar-refractivity contribution in [2.75, 3.05) is 33.9 Å². The van der Waals surface area contributed by atoms with Crippen LogP contribution in [0.15, 0.2) is 36.4 Å². The molecule has 1 amide bonds. The lowest BCUT2D eigenvalue weighted by atomic mass is 9.93. The molecule has 1 fully saturated rings. The number of piperidine rings is 1. The molecule has 0 radical (unpaired) electrons. The first kappa shape index (κ1) is 29.8. The molecule has 0 spiro atoms. The summed E-state index contributed by atoms with van der Waals surface area (Å²) in [6.45, 7) is 5.33. The Labute approximate surface area is 250 Å². The van der Waals surface area contributed by atoms with Crippen molar-refractivity contribution >= 4 is 23.5 Å². The molecule has 0 N–H and O–H groups in total. The van der Waals surface area contributed by atoms with Crippen LogP contribution < -0.4 is 9.47 Å². The Morgan fingerprint density at radius 3 is 2.57 bits per heavy atom.